The fraction of sp³-hybridized carbons (Fsp3) is 0.440. The summed E-state index contributed by atoms with van der Waals surface area (Å²) in [6, 6.07) is 27.1. The highest BCUT2D eigenvalue weighted by Gasteiger charge is 2.22. The van der Waals surface area contributed by atoms with Crippen molar-refractivity contribution in [3.05, 3.63) is 118 Å². The van der Waals surface area contributed by atoms with Crippen molar-refractivity contribution < 1.29 is 43.2 Å². The second-order valence-corrected chi connectivity index (χ2v) is 15.6. The van der Waals surface area contributed by atoms with Gasteiger partial charge in [0.1, 0.15) is 0 Å². The van der Waals surface area contributed by atoms with Gasteiger partial charge in [-0.05, 0) is 73.2 Å². The Morgan fingerprint density at radius 3 is 1.40 bits per heavy atom. The Labute approximate surface area is 373 Å². The monoisotopic (exact) mass is 866 g/mol. The number of piperazine rings is 2. The van der Waals surface area contributed by atoms with E-state index in [4.69, 9.17) is 24.1 Å². The smallest absolute Gasteiger partial charge is 0.303 e. The molecule has 13 heteroatoms. The zero-order valence-corrected chi connectivity index (χ0v) is 38.0. The molecule has 6 rings (SSSR count). The van der Waals surface area contributed by atoms with Gasteiger partial charge in [-0.2, -0.15) is 0 Å². The maximum Gasteiger partial charge on any atom is 0.303 e. The fourth-order valence-corrected chi connectivity index (χ4v) is 7.50. The van der Waals surface area contributed by atoms with Gasteiger partial charge in [0.05, 0.1) is 28.4 Å². The lowest BCUT2D eigenvalue weighted by atomic mass is 10.0. The summed E-state index contributed by atoms with van der Waals surface area (Å²) in [5.41, 5.74) is 5.82. The standard InChI is InChI=1S/C25H32N2O4.C13H20N2O2.C12H14O3/c1-19-7-4-5-8-21(19)22(28)9-6-10-25(29)27-15-13-26(14-16-27)18-20-11-12-23(30-2)24(17-20)31-3;1-16-12-4-3-11(9-13(12)17-2)10-15-7-5-14-6-8-15;1-9-5-2-3-6-10(9)11(13)7-4-8-12(14)15/h4-5,7-8,11-12,17H,6,9-10,13-16,18H2,1-3H3;3-4,9,14H,5-8,10H2,1-2H3;2-3,5-6H,4,7-8H2,1H3,(H,14,15). The van der Waals surface area contributed by atoms with Crippen LogP contribution >= 0.6 is 0 Å². The van der Waals surface area contributed by atoms with Crippen molar-refractivity contribution in [2.45, 2.75) is 65.5 Å². The quantitative estimate of drug-likeness (QED) is 0.0972. The average Bonchev–Trinajstić information content (AvgIpc) is 3.30. The van der Waals surface area contributed by atoms with Crippen molar-refractivity contribution in [2.24, 2.45) is 0 Å². The molecule has 0 unspecified atom stereocenters. The third kappa shape index (κ3) is 16.5. The van der Waals surface area contributed by atoms with Gasteiger partial charge < -0.3 is 34.3 Å². The molecule has 2 aliphatic heterocycles. The Bertz CT molecular complexity index is 2080. The number of aliphatic carboxylic acids is 1. The van der Waals surface area contributed by atoms with E-state index in [1.54, 1.807) is 34.5 Å². The maximum atomic E-state index is 12.6. The highest BCUT2D eigenvalue weighted by molar-refractivity contribution is 5.98. The molecule has 0 radical (unpaired) electrons. The van der Waals surface area contributed by atoms with Crippen LogP contribution in [0.4, 0.5) is 0 Å². The van der Waals surface area contributed by atoms with Crippen LogP contribution in [0, 0.1) is 13.8 Å². The summed E-state index contributed by atoms with van der Waals surface area (Å²) in [6.07, 6.45) is 2.19. The summed E-state index contributed by atoms with van der Waals surface area (Å²) in [5.74, 6) is 2.48. The third-order valence-electron chi connectivity index (χ3n) is 11.1. The van der Waals surface area contributed by atoms with E-state index in [1.165, 1.54) is 5.56 Å². The number of hydrogen-bond acceptors (Lipinski definition) is 11. The SMILES string of the molecule is COc1ccc(CN2CCN(C(=O)CCCC(=O)c3ccccc3C)CC2)cc1OC.COc1ccc(CN2CCNCC2)cc1OC.Cc1ccccc1C(=O)CCCC(=O)O. The number of carboxylic acid groups (broad SMARTS) is 1. The van der Waals surface area contributed by atoms with Gasteiger partial charge in [-0.1, -0.05) is 60.7 Å². The zero-order valence-electron chi connectivity index (χ0n) is 38.0. The number of carboxylic acids is 1. The van der Waals surface area contributed by atoms with Crippen molar-refractivity contribution in [3.63, 3.8) is 0 Å². The molecular formula is C50H66N4O9. The fourth-order valence-electron chi connectivity index (χ4n) is 7.50. The topological polar surface area (TPSA) is 147 Å². The van der Waals surface area contributed by atoms with Gasteiger partial charge in [0.25, 0.3) is 0 Å². The molecule has 13 nitrogen and oxygen atoms in total. The average molecular weight is 867 g/mol. The Balaban J connectivity index is 0.000000229. The van der Waals surface area contributed by atoms with Gasteiger partial charge in [0, 0.05) is 102 Å². The van der Waals surface area contributed by atoms with Crippen molar-refractivity contribution >= 4 is 23.4 Å². The number of ketones is 2. The first-order chi connectivity index (χ1) is 30.5. The summed E-state index contributed by atoms with van der Waals surface area (Å²) in [4.78, 5) is 53.6. The molecule has 340 valence electrons. The minimum atomic E-state index is -0.854. The van der Waals surface area contributed by atoms with Crippen LogP contribution in [0.2, 0.25) is 0 Å². The number of Topliss-reactive ketones (excluding diaryl/α,β-unsaturated/α-hetero) is 2. The normalized spacial score (nSPS) is 14.0. The van der Waals surface area contributed by atoms with Crippen LogP contribution in [0.5, 0.6) is 23.0 Å². The molecule has 63 heavy (non-hydrogen) atoms. The van der Waals surface area contributed by atoms with Crippen molar-refractivity contribution in [1.82, 2.24) is 20.0 Å². The Kier molecular flexibility index (Phi) is 21.1. The third-order valence-corrected chi connectivity index (χ3v) is 11.1. The number of nitrogens with zero attached hydrogens (tertiary/aromatic N) is 3. The molecule has 2 heterocycles. The van der Waals surface area contributed by atoms with Crippen molar-refractivity contribution in [3.8, 4) is 23.0 Å². The van der Waals surface area contributed by atoms with E-state index in [-0.39, 0.29) is 23.9 Å². The molecule has 0 aromatic heterocycles. The van der Waals surface area contributed by atoms with Crippen LogP contribution in [0.25, 0.3) is 0 Å². The number of hydrogen-bond donors (Lipinski definition) is 2. The molecule has 0 atom stereocenters. The van der Waals surface area contributed by atoms with Gasteiger partial charge in [-0.15, -0.1) is 0 Å². The highest BCUT2D eigenvalue weighted by Crippen LogP contribution is 2.29. The van der Waals surface area contributed by atoms with Gasteiger partial charge >= 0.3 is 5.97 Å². The number of ether oxygens (including phenoxy) is 4. The number of methoxy groups -OCH3 is 4. The lowest BCUT2D eigenvalue weighted by Gasteiger charge is -2.35. The van der Waals surface area contributed by atoms with Crippen molar-refractivity contribution in [1.29, 1.82) is 0 Å². The van der Waals surface area contributed by atoms with Crippen molar-refractivity contribution in [2.75, 3.05) is 80.8 Å². The molecule has 2 fully saturated rings. The van der Waals surface area contributed by atoms with E-state index in [2.05, 4.69) is 27.2 Å². The molecule has 2 aliphatic rings. The minimum absolute atomic E-state index is 0.0225. The van der Waals surface area contributed by atoms with Crippen LogP contribution in [-0.4, -0.2) is 124 Å². The molecular weight excluding hydrogens is 801 g/mol. The van der Waals surface area contributed by atoms with Gasteiger partial charge in [-0.25, -0.2) is 0 Å². The molecule has 4 aromatic carbocycles. The lowest BCUT2D eigenvalue weighted by Crippen LogP contribution is -2.48. The van der Waals surface area contributed by atoms with Crippen LogP contribution in [0.15, 0.2) is 84.9 Å². The molecule has 2 N–H and O–H groups in total. The van der Waals surface area contributed by atoms with E-state index < -0.39 is 5.97 Å². The van der Waals surface area contributed by atoms with Gasteiger partial charge in [0.2, 0.25) is 5.91 Å². The van der Waals surface area contributed by atoms with Gasteiger partial charge in [-0.3, -0.25) is 29.0 Å². The summed E-state index contributed by atoms with van der Waals surface area (Å²) in [7, 11) is 6.60. The van der Waals surface area contributed by atoms with E-state index in [9.17, 15) is 19.2 Å². The molecule has 0 aliphatic carbocycles. The largest absolute Gasteiger partial charge is 0.493 e. The molecule has 0 bridgehead atoms. The van der Waals surface area contributed by atoms with E-state index >= 15 is 0 Å². The predicted molar refractivity (Wildman–Crippen MR) is 245 cm³/mol. The summed E-state index contributed by atoms with van der Waals surface area (Å²) in [5, 5.41) is 11.8. The molecule has 4 aromatic rings. The number of carbonyl (C=O) groups is 4. The van der Waals surface area contributed by atoms with Crippen LogP contribution < -0.4 is 24.3 Å². The molecule has 0 saturated carbocycles. The van der Waals surface area contributed by atoms with Gasteiger partial charge in [0.15, 0.2) is 34.6 Å². The predicted octanol–water partition coefficient (Wildman–Crippen LogP) is 7.25. The van der Waals surface area contributed by atoms with Crippen LogP contribution in [0.1, 0.15) is 81.5 Å². The zero-order chi connectivity index (χ0) is 45.6. The summed E-state index contributed by atoms with van der Waals surface area (Å²) < 4.78 is 21.2. The number of aryl methyl sites for hydroxylation is 2. The highest BCUT2D eigenvalue weighted by atomic mass is 16.5. The Morgan fingerprint density at radius 2 is 0.968 bits per heavy atom. The number of benzene rings is 4. The first-order valence-corrected chi connectivity index (χ1v) is 21.7. The van der Waals surface area contributed by atoms with Crippen LogP contribution in [0.3, 0.4) is 0 Å². The van der Waals surface area contributed by atoms with Crippen LogP contribution in [-0.2, 0) is 22.7 Å². The van der Waals surface area contributed by atoms with E-state index in [1.807, 2.05) is 85.5 Å². The number of rotatable bonds is 18. The maximum absolute atomic E-state index is 12.6. The number of carbonyl (C=O) groups excluding carboxylic acids is 3. The lowest BCUT2D eigenvalue weighted by molar-refractivity contribution is -0.137. The summed E-state index contributed by atoms with van der Waals surface area (Å²) in [6.45, 7) is 13.1. The second kappa shape index (κ2) is 26.7. The Hall–Kier alpha value is -5.76. The minimum Gasteiger partial charge on any atom is -0.493 e. The molecule has 1 amide bonds. The second-order valence-electron chi connectivity index (χ2n) is 15.6. The summed E-state index contributed by atoms with van der Waals surface area (Å²) >= 11 is 0. The number of nitrogens with one attached hydrogen (secondary N) is 1. The first-order valence-electron chi connectivity index (χ1n) is 21.7. The molecule has 2 saturated heterocycles. The van der Waals surface area contributed by atoms with E-state index in [0.717, 1.165) is 111 Å². The van der Waals surface area contributed by atoms with E-state index in [0.29, 0.717) is 37.7 Å². The molecule has 0 spiro atoms. The Morgan fingerprint density at radius 1 is 0.540 bits per heavy atom. The first kappa shape index (κ1) is 49.9. The number of amides is 1.